The first kappa shape index (κ1) is 21.5. The molecule has 0 heterocycles. The third kappa shape index (κ3) is 6.70. The smallest absolute Gasteiger partial charge is 0.406 e. The Morgan fingerprint density at radius 1 is 0.786 bits per heavy atom. The molecule has 2 saturated carbocycles. The van der Waals surface area contributed by atoms with Gasteiger partial charge in [0, 0.05) is 0 Å². The van der Waals surface area contributed by atoms with E-state index in [1.807, 2.05) is 0 Å². The molecule has 1 aromatic rings. The second-order valence-corrected chi connectivity index (χ2v) is 9.08. The Morgan fingerprint density at radius 3 is 1.75 bits per heavy atom. The van der Waals surface area contributed by atoms with Crippen molar-refractivity contribution in [2.24, 2.45) is 23.7 Å². The molecule has 2 fully saturated rings. The fraction of sp³-hybridized carbons (Fsp3) is 0.750. The van der Waals surface area contributed by atoms with Gasteiger partial charge in [-0.15, -0.1) is 13.2 Å². The van der Waals surface area contributed by atoms with Crippen molar-refractivity contribution in [2.75, 3.05) is 0 Å². The Hall–Kier alpha value is -1.19. The lowest BCUT2D eigenvalue weighted by atomic mass is 9.68. The van der Waals surface area contributed by atoms with Crippen molar-refractivity contribution in [1.82, 2.24) is 0 Å². The van der Waals surface area contributed by atoms with Gasteiger partial charge < -0.3 is 4.74 Å². The van der Waals surface area contributed by atoms with Gasteiger partial charge in [-0.25, -0.2) is 0 Å². The minimum Gasteiger partial charge on any atom is -0.406 e. The molecule has 2 aliphatic carbocycles. The maximum Gasteiger partial charge on any atom is 0.573 e. The molecule has 0 aromatic heterocycles. The molecule has 28 heavy (non-hydrogen) atoms. The van der Waals surface area contributed by atoms with Crippen LogP contribution in [-0.4, -0.2) is 6.36 Å². The molecule has 0 atom stereocenters. The molecule has 0 aliphatic heterocycles. The zero-order valence-corrected chi connectivity index (χ0v) is 17.1. The van der Waals surface area contributed by atoms with Crippen LogP contribution < -0.4 is 4.74 Å². The van der Waals surface area contributed by atoms with Crippen LogP contribution in [0.4, 0.5) is 13.2 Å². The van der Waals surface area contributed by atoms with Crippen LogP contribution in [0.25, 0.3) is 0 Å². The molecule has 0 radical (unpaired) electrons. The van der Waals surface area contributed by atoms with Crippen LogP contribution in [0, 0.1) is 23.7 Å². The predicted molar refractivity (Wildman–Crippen MR) is 107 cm³/mol. The molecule has 3 rings (SSSR count). The summed E-state index contributed by atoms with van der Waals surface area (Å²) in [6, 6.07) is 6.38. The summed E-state index contributed by atoms with van der Waals surface area (Å²) < 4.78 is 40.6. The van der Waals surface area contributed by atoms with Crippen molar-refractivity contribution in [1.29, 1.82) is 0 Å². The molecule has 0 bridgehead atoms. The SMILES string of the molecule is CCC[C@H]1CC[C@H]([C@H]2CC[C@H](CCc3ccc(OC(F)(F)F)cc3)CC2)CC1. The summed E-state index contributed by atoms with van der Waals surface area (Å²) in [5, 5.41) is 0. The van der Waals surface area contributed by atoms with Gasteiger partial charge in [0.25, 0.3) is 0 Å². The van der Waals surface area contributed by atoms with Gasteiger partial charge in [0.15, 0.2) is 0 Å². The third-order valence-corrected chi connectivity index (χ3v) is 7.14. The van der Waals surface area contributed by atoms with Crippen LogP contribution in [0.1, 0.15) is 83.1 Å². The average Bonchev–Trinajstić information content (AvgIpc) is 2.68. The first-order chi connectivity index (χ1) is 13.4. The Kier molecular flexibility index (Phi) is 7.70. The van der Waals surface area contributed by atoms with E-state index in [0.29, 0.717) is 0 Å². The van der Waals surface area contributed by atoms with Crippen molar-refractivity contribution in [3.8, 4) is 5.75 Å². The van der Waals surface area contributed by atoms with Gasteiger partial charge >= 0.3 is 6.36 Å². The Balaban J connectivity index is 1.36. The molecule has 0 unspecified atom stereocenters. The van der Waals surface area contributed by atoms with Crippen LogP contribution in [0.2, 0.25) is 0 Å². The van der Waals surface area contributed by atoms with E-state index in [1.165, 1.54) is 76.3 Å². The average molecular weight is 397 g/mol. The molecule has 158 valence electrons. The van der Waals surface area contributed by atoms with E-state index < -0.39 is 6.36 Å². The van der Waals surface area contributed by atoms with Crippen molar-refractivity contribution >= 4 is 0 Å². The van der Waals surface area contributed by atoms with E-state index in [1.54, 1.807) is 12.1 Å². The van der Waals surface area contributed by atoms with Crippen LogP contribution in [0.5, 0.6) is 5.75 Å². The quantitative estimate of drug-likeness (QED) is 0.455. The van der Waals surface area contributed by atoms with Crippen molar-refractivity contribution < 1.29 is 17.9 Å². The molecular weight excluding hydrogens is 361 g/mol. The second-order valence-electron chi connectivity index (χ2n) is 9.08. The minimum absolute atomic E-state index is 0.134. The number of benzene rings is 1. The highest BCUT2D eigenvalue weighted by molar-refractivity contribution is 5.27. The third-order valence-electron chi connectivity index (χ3n) is 7.14. The van der Waals surface area contributed by atoms with E-state index in [4.69, 9.17) is 0 Å². The Labute approximate surface area is 168 Å². The number of aryl methyl sites for hydroxylation is 1. The molecule has 2 aliphatic rings. The number of hydrogen-bond donors (Lipinski definition) is 0. The van der Waals surface area contributed by atoms with Crippen LogP contribution >= 0.6 is 0 Å². The summed E-state index contributed by atoms with van der Waals surface area (Å²) >= 11 is 0. The van der Waals surface area contributed by atoms with Gasteiger partial charge in [-0.2, -0.15) is 0 Å². The van der Waals surface area contributed by atoms with Gasteiger partial charge in [-0.05, 0) is 79.9 Å². The lowest BCUT2D eigenvalue weighted by molar-refractivity contribution is -0.274. The fourth-order valence-electron chi connectivity index (χ4n) is 5.53. The fourth-order valence-corrected chi connectivity index (χ4v) is 5.53. The van der Waals surface area contributed by atoms with Crippen molar-refractivity contribution in [3.05, 3.63) is 29.8 Å². The van der Waals surface area contributed by atoms with E-state index in [-0.39, 0.29) is 5.75 Å². The zero-order chi connectivity index (χ0) is 20.0. The second kappa shape index (κ2) is 10.0. The summed E-state index contributed by atoms with van der Waals surface area (Å²) in [6.45, 7) is 2.30. The van der Waals surface area contributed by atoms with Crippen molar-refractivity contribution in [2.45, 2.75) is 90.3 Å². The normalized spacial score (nSPS) is 28.9. The summed E-state index contributed by atoms with van der Waals surface area (Å²) in [7, 11) is 0. The largest absolute Gasteiger partial charge is 0.573 e. The van der Waals surface area contributed by atoms with E-state index in [9.17, 15) is 13.2 Å². The maximum absolute atomic E-state index is 12.2. The number of halogens is 3. The molecule has 1 aromatic carbocycles. The lowest BCUT2D eigenvalue weighted by Gasteiger charge is -2.38. The summed E-state index contributed by atoms with van der Waals surface area (Å²) in [5.41, 5.74) is 1.10. The molecule has 0 saturated heterocycles. The molecule has 0 spiro atoms. The van der Waals surface area contributed by atoms with Gasteiger partial charge in [0.05, 0.1) is 0 Å². The van der Waals surface area contributed by atoms with Gasteiger partial charge in [-0.3, -0.25) is 0 Å². The van der Waals surface area contributed by atoms with Crippen LogP contribution in [0.3, 0.4) is 0 Å². The molecular formula is C24H35F3O. The van der Waals surface area contributed by atoms with Gasteiger partial charge in [0.1, 0.15) is 5.75 Å². The minimum atomic E-state index is -4.62. The monoisotopic (exact) mass is 396 g/mol. The predicted octanol–water partition coefficient (Wildman–Crippen LogP) is 7.93. The number of hydrogen-bond acceptors (Lipinski definition) is 1. The Bertz CT molecular complexity index is 565. The van der Waals surface area contributed by atoms with E-state index >= 15 is 0 Å². The maximum atomic E-state index is 12.2. The standard InChI is InChI=1S/C24H35F3O/c1-2-3-18-6-12-21(13-7-18)22-14-8-19(9-15-22)4-5-20-10-16-23(17-11-20)28-24(25,26)27/h10-11,16-19,21-22H,2-9,12-15H2,1H3/t18-,19-,21-,22-. The van der Waals surface area contributed by atoms with Gasteiger partial charge in [0.2, 0.25) is 0 Å². The lowest BCUT2D eigenvalue weighted by Crippen LogP contribution is -2.26. The summed E-state index contributed by atoms with van der Waals surface area (Å²) in [5.74, 6) is 3.54. The number of ether oxygens (including phenoxy) is 1. The van der Waals surface area contributed by atoms with Crippen LogP contribution in [-0.2, 0) is 6.42 Å². The Morgan fingerprint density at radius 2 is 1.29 bits per heavy atom. The molecule has 0 N–H and O–H groups in total. The van der Waals surface area contributed by atoms with E-state index in [0.717, 1.165) is 42.1 Å². The van der Waals surface area contributed by atoms with Gasteiger partial charge in [-0.1, -0.05) is 57.6 Å². The highest BCUT2D eigenvalue weighted by Crippen LogP contribution is 2.43. The summed E-state index contributed by atoms with van der Waals surface area (Å²) in [4.78, 5) is 0. The highest BCUT2D eigenvalue weighted by Gasteiger charge is 2.31. The summed E-state index contributed by atoms with van der Waals surface area (Å²) in [6.07, 6.45) is 11.5. The highest BCUT2D eigenvalue weighted by atomic mass is 19.4. The van der Waals surface area contributed by atoms with Crippen LogP contribution in [0.15, 0.2) is 24.3 Å². The molecule has 0 amide bonds. The molecule has 4 heteroatoms. The van der Waals surface area contributed by atoms with E-state index in [2.05, 4.69) is 11.7 Å². The topological polar surface area (TPSA) is 9.23 Å². The number of rotatable bonds is 7. The first-order valence-corrected chi connectivity index (χ1v) is 11.3. The zero-order valence-electron chi connectivity index (χ0n) is 17.1. The van der Waals surface area contributed by atoms with Crippen molar-refractivity contribution in [3.63, 3.8) is 0 Å². The molecule has 1 nitrogen and oxygen atoms in total. The number of alkyl halides is 3. The first-order valence-electron chi connectivity index (χ1n) is 11.3.